The van der Waals surface area contributed by atoms with Gasteiger partial charge >= 0.3 is 5.97 Å². The largest absolute Gasteiger partial charge is 0.466 e. The van der Waals surface area contributed by atoms with Crippen LogP contribution in [0.4, 0.5) is 0 Å². The molecule has 0 rings (SSSR count). The van der Waals surface area contributed by atoms with Crippen LogP contribution in [0.2, 0.25) is 0 Å². The standard InChI is InChI=1S/C85H165NO5/c1-3-5-7-9-11-13-15-17-18-19-20-21-39-42-45-48-51-54-57-61-65-69-73-77-83(88)82(81-87)86-84(89)78-74-70-66-62-58-55-52-49-46-43-40-37-35-33-31-29-27-25-23-22-24-26-28-30-32-34-36-38-41-44-47-50-53-56-60-64-68-72-76-80-91-85(90)79-75-71-67-63-59-16-14-12-10-8-6-4-2/h12,14,73,77,82-83,87-88H,3-11,13,15-72,74-76,78-81H2,1-2H3,(H,86,89)/b14-12-,77-73+. The SMILES string of the molecule is CCCCC/C=C\CCCCCCCC(=O)OCCCCCCCCCCCCCCCCCCCCCCCCCCCCCCCCCCCCCCCCCC(=O)NC(CO)C(O)/C=C/CCCCCCCCCCCCCCCCCCCCCCC. The normalized spacial score (nSPS) is 12.5. The monoisotopic (exact) mass is 1280 g/mol. The summed E-state index contributed by atoms with van der Waals surface area (Å²) in [7, 11) is 0. The summed E-state index contributed by atoms with van der Waals surface area (Å²) < 4.78 is 5.48. The van der Waals surface area contributed by atoms with Gasteiger partial charge in [0.15, 0.2) is 0 Å². The molecule has 0 aromatic heterocycles. The molecule has 0 heterocycles. The zero-order chi connectivity index (χ0) is 65.6. The lowest BCUT2D eigenvalue weighted by atomic mass is 10.0. The minimum Gasteiger partial charge on any atom is -0.466 e. The van der Waals surface area contributed by atoms with Gasteiger partial charge in [0.05, 0.1) is 25.4 Å². The summed E-state index contributed by atoms with van der Waals surface area (Å²) in [4.78, 5) is 24.6. The van der Waals surface area contributed by atoms with E-state index in [1.54, 1.807) is 6.08 Å². The first-order chi connectivity index (χ1) is 45.0. The molecule has 0 aromatic carbocycles. The molecule has 1 amide bonds. The second-order valence-electron chi connectivity index (χ2n) is 29.2. The van der Waals surface area contributed by atoms with Crippen molar-refractivity contribution < 1.29 is 24.5 Å². The number of carbonyl (C=O) groups excluding carboxylic acids is 2. The molecule has 540 valence electrons. The molecule has 2 unspecified atom stereocenters. The number of unbranched alkanes of at least 4 members (excludes halogenated alkanes) is 67. The summed E-state index contributed by atoms with van der Waals surface area (Å²) in [6, 6.07) is -0.624. The first-order valence-electron chi connectivity index (χ1n) is 42.1. The third kappa shape index (κ3) is 77.2. The second-order valence-corrected chi connectivity index (χ2v) is 29.2. The Labute approximate surface area is 571 Å². The van der Waals surface area contributed by atoms with Crippen LogP contribution in [0.15, 0.2) is 24.3 Å². The van der Waals surface area contributed by atoms with E-state index in [0.29, 0.717) is 19.4 Å². The summed E-state index contributed by atoms with van der Waals surface area (Å²) in [5, 5.41) is 23.3. The van der Waals surface area contributed by atoms with Crippen LogP contribution >= 0.6 is 0 Å². The van der Waals surface area contributed by atoms with Gasteiger partial charge in [-0.3, -0.25) is 9.59 Å². The Kier molecular flexibility index (Phi) is 79.3. The maximum atomic E-state index is 12.6. The number of carbonyl (C=O) groups is 2. The van der Waals surface area contributed by atoms with Crippen molar-refractivity contribution in [3.63, 3.8) is 0 Å². The van der Waals surface area contributed by atoms with Crippen LogP contribution < -0.4 is 5.32 Å². The maximum absolute atomic E-state index is 12.6. The van der Waals surface area contributed by atoms with Crippen molar-refractivity contribution in [2.45, 2.75) is 495 Å². The van der Waals surface area contributed by atoms with Gasteiger partial charge in [0, 0.05) is 12.8 Å². The summed E-state index contributed by atoms with van der Waals surface area (Å²) in [6.45, 7) is 4.93. The van der Waals surface area contributed by atoms with Gasteiger partial charge in [-0.05, 0) is 57.8 Å². The first kappa shape index (κ1) is 89.3. The highest BCUT2D eigenvalue weighted by Gasteiger charge is 2.18. The van der Waals surface area contributed by atoms with E-state index in [1.165, 1.54) is 411 Å². The van der Waals surface area contributed by atoms with E-state index >= 15 is 0 Å². The fraction of sp³-hybridized carbons (Fsp3) is 0.929. The molecule has 0 aliphatic carbocycles. The first-order valence-corrected chi connectivity index (χ1v) is 42.1. The Morgan fingerprint density at radius 2 is 0.516 bits per heavy atom. The summed E-state index contributed by atoms with van der Waals surface area (Å²) in [6.07, 6.45) is 105. The Hall–Kier alpha value is -1.66. The van der Waals surface area contributed by atoms with Crippen LogP contribution in [0.5, 0.6) is 0 Å². The Bertz CT molecular complexity index is 1430. The van der Waals surface area contributed by atoms with Crippen molar-refractivity contribution >= 4 is 11.9 Å². The summed E-state index contributed by atoms with van der Waals surface area (Å²) >= 11 is 0. The van der Waals surface area contributed by atoms with E-state index in [-0.39, 0.29) is 18.5 Å². The maximum Gasteiger partial charge on any atom is 0.305 e. The van der Waals surface area contributed by atoms with Crippen LogP contribution in [0.25, 0.3) is 0 Å². The van der Waals surface area contributed by atoms with Gasteiger partial charge in [-0.25, -0.2) is 0 Å². The molecule has 0 radical (unpaired) electrons. The van der Waals surface area contributed by atoms with Crippen molar-refractivity contribution in [2.24, 2.45) is 0 Å². The van der Waals surface area contributed by atoms with Crippen molar-refractivity contribution in [1.82, 2.24) is 5.32 Å². The third-order valence-electron chi connectivity index (χ3n) is 20.0. The van der Waals surface area contributed by atoms with Crippen LogP contribution in [0.1, 0.15) is 483 Å². The predicted octanol–water partition coefficient (Wildman–Crippen LogP) is 28.0. The number of allylic oxidation sites excluding steroid dienone is 3. The smallest absolute Gasteiger partial charge is 0.305 e. The number of esters is 1. The molecule has 91 heavy (non-hydrogen) atoms. The molecule has 0 bridgehead atoms. The van der Waals surface area contributed by atoms with E-state index < -0.39 is 12.1 Å². The average Bonchev–Trinajstić information content (AvgIpc) is 3.69. The van der Waals surface area contributed by atoms with Gasteiger partial charge in [0.25, 0.3) is 0 Å². The van der Waals surface area contributed by atoms with Gasteiger partial charge in [0.1, 0.15) is 0 Å². The number of aliphatic hydroxyl groups excluding tert-OH is 2. The molecule has 0 aromatic rings. The summed E-state index contributed by atoms with van der Waals surface area (Å²) in [5.74, 6) is -0.0417. The molecule has 6 heteroatoms. The lowest BCUT2D eigenvalue weighted by molar-refractivity contribution is -0.143. The fourth-order valence-electron chi connectivity index (χ4n) is 13.6. The van der Waals surface area contributed by atoms with Crippen molar-refractivity contribution in [3.8, 4) is 0 Å². The Morgan fingerprint density at radius 1 is 0.297 bits per heavy atom. The van der Waals surface area contributed by atoms with Gasteiger partial charge in [-0.2, -0.15) is 0 Å². The number of hydrogen-bond donors (Lipinski definition) is 3. The molecule has 3 N–H and O–H groups in total. The van der Waals surface area contributed by atoms with Gasteiger partial charge in [-0.1, -0.05) is 436 Å². The molecule has 0 spiro atoms. The van der Waals surface area contributed by atoms with E-state index in [2.05, 4.69) is 31.3 Å². The van der Waals surface area contributed by atoms with Crippen LogP contribution in [-0.4, -0.2) is 47.4 Å². The lowest BCUT2D eigenvalue weighted by Gasteiger charge is -2.20. The molecule has 0 saturated carbocycles. The highest BCUT2D eigenvalue weighted by molar-refractivity contribution is 5.76. The minimum absolute atomic E-state index is 0.0146. The van der Waals surface area contributed by atoms with Crippen LogP contribution in [0.3, 0.4) is 0 Å². The number of hydrogen-bond acceptors (Lipinski definition) is 5. The quantitative estimate of drug-likeness (QED) is 0.0320. The van der Waals surface area contributed by atoms with Crippen LogP contribution in [-0.2, 0) is 14.3 Å². The van der Waals surface area contributed by atoms with E-state index in [1.807, 2.05) is 6.08 Å². The zero-order valence-corrected chi connectivity index (χ0v) is 62.1. The van der Waals surface area contributed by atoms with E-state index in [4.69, 9.17) is 4.74 Å². The predicted molar refractivity (Wildman–Crippen MR) is 403 cm³/mol. The van der Waals surface area contributed by atoms with E-state index in [9.17, 15) is 19.8 Å². The molecular formula is C85H165NO5. The van der Waals surface area contributed by atoms with Gasteiger partial charge in [0.2, 0.25) is 5.91 Å². The lowest BCUT2D eigenvalue weighted by Crippen LogP contribution is -2.45. The van der Waals surface area contributed by atoms with Gasteiger partial charge in [-0.15, -0.1) is 0 Å². The minimum atomic E-state index is -0.841. The number of amides is 1. The number of nitrogens with one attached hydrogen (secondary N) is 1. The number of ether oxygens (including phenoxy) is 1. The molecule has 6 nitrogen and oxygen atoms in total. The Balaban J connectivity index is 3.32. The number of aliphatic hydroxyl groups is 2. The summed E-state index contributed by atoms with van der Waals surface area (Å²) in [5.41, 5.74) is 0. The number of rotatable bonds is 80. The second kappa shape index (κ2) is 80.8. The van der Waals surface area contributed by atoms with E-state index in [0.717, 1.165) is 44.9 Å². The fourth-order valence-corrected chi connectivity index (χ4v) is 13.6. The molecule has 2 atom stereocenters. The zero-order valence-electron chi connectivity index (χ0n) is 62.1. The molecule has 0 fully saturated rings. The highest BCUT2D eigenvalue weighted by atomic mass is 16.5. The Morgan fingerprint density at radius 3 is 0.802 bits per heavy atom. The topological polar surface area (TPSA) is 95.9 Å². The van der Waals surface area contributed by atoms with Gasteiger partial charge < -0.3 is 20.3 Å². The van der Waals surface area contributed by atoms with Crippen LogP contribution in [0, 0.1) is 0 Å². The molecule has 0 saturated heterocycles. The molecule has 0 aliphatic rings. The van der Waals surface area contributed by atoms with Crippen molar-refractivity contribution in [2.75, 3.05) is 13.2 Å². The average molecular weight is 1280 g/mol. The van der Waals surface area contributed by atoms with Crippen molar-refractivity contribution in [3.05, 3.63) is 24.3 Å². The molecule has 0 aliphatic heterocycles. The molecular weight excluding hydrogens is 1110 g/mol. The third-order valence-corrected chi connectivity index (χ3v) is 20.0. The highest BCUT2D eigenvalue weighted by Crippen LogP contribution is 2.21. The van der Waals surface area contributed by atoms with Crippen molar-refractivity contribution in [1.29, 1.82) is 0 Å².